The minimum Gasteiger partial charge on any atom is -0.393 e. The van der Waals surface area contributed by atoms with Gasteiger partial charge in [-0.1, -0.05) is 0 Å². The van der Waals surface area contributed by atoms with Crippen LogP contribution in [0.1, 0.15) is 51.9 Å². The zero-order chi connectivity index (χ0) is 17.6. The van der Waals surface area contributed by atoms with Gasteiger partial charge in [0.15, 0.2) is 0 Å². The highest BCUT2D eigenvalue weighted by molar-refractivity contribution is 5.88. The normalized spacial score (nSPS) is 43.0. The fourth-order valence-electron chi connectivity index (χ4n) is 6.13. The third-order valence-corrected chi connectivity index (χ3v) is 7.17. The van der Waals surface area contributed by atoms with Crippen molar-refractivity contribution in [2.75, 3.05) is 13.1 Å². The van der Waals surface area contributed by atoms with E-state index in [9.17, 15) is 15.5 Å². The van der Waals surface area contributed by atoms with E-state index in [1.165, 1.54) is 12.8 Å². The van der Waals surface area contributed by atoms with Gasteiger partial charge in [-0.05, 0) is 69.6 Å². The molecular formula is C19H30N4O2. The molecule has 3 unspecified atom stereocenters. The maximum Gasteiger partial charge on any atom is 0.207 e. The van der Waals surface area contributed by atoms with Gasteiger partial charge >= 0.3 is 0 Å². The van der Waals surface area contributed by atoms with Crippen molar-refractivity contribution >= 4 is 5.84 Å². The largest absolute Gasteiger partial charge is 0.393 e. The van der Waals surface area contributed by atoms with E-state index in [2.05, 4.69) is 22.1 Å². The van der Waals surface area contributed by atoms with Crippen LogP contribution in [-0.2, 0) is 0 Å². The topological polar surface area (TPSA) is 91.9 Å². The van der Waals surface area contributed by atoms with Crippen LogP contribution in [0.4, 0.5) is 0 Å². The molecule has 1 heterocycles. The number of rotatable bonds is 3. The van der Waals surface area contributed by atoms with E-state index in [4.69, 9.17) is 0 Å². The van der Waals surface area contributed by atoms with Gasteiger partial charge in [-0.15, -0.1) is 0 Å². The molecule has 1 aliphatic heterocycles. The van der Waals surface area contributed by atoms with E-state index < -0.39 is 5.60 Å². The fraction of sp³-hybridized carbons (Fsp3) is 0.895. The van der Waals surface area contributed by atoms with E-state index >= 15 is 0 Å². The Morgan fingerprint density at radius 3 is 2.44 bits per heavy atom. The highest BCUT2D eigenvalue weighted by atomic mass is 16.3. The van der Waals surface area contributed by atoms with Crippen molar-refractivity contribution in [3.05, 3.63) is 0 Å². The lowest BCUT2D eigenvalue weighted by molar-refractivity contribution is -0.136. The van der Waals surface area contributed by atoms with Gasteiger partial charge in [0.25, 0.3) is 0 Å². The second-order valence-corrected chi connectivity index (χ2v) is 8.90. The summed E-state index contributed by atoms with van der Waals surface area (Å²) in [6.45, 7) is 3.78. The molecule has 4 saturated carbocycles. The summed E-state index contributed by atoms with van der Waals surface area (Å²) in [6, 6.07) is 0.397. The molecule has 0 radical (unpaired) electrons. The van der Waals surface area contributed by atoms with Crippen LogP contribution in [0.5, 0.6) is 0 Å². The van der Waals surface area contributed by atoms with Crippen molar-refractivity contribution < 1.29 is 10.2 Å². The van der Waals surface area contributed by atoms with Gasteiger partial charge in [0.1, 0.15) is 5.84 Å². The number of aliphatic hydroxyl groups excluding tert-OH is 1. The van der Waals surface area contributed by atoms with Crippen LogP contribution < -0.4 is 5.32 Å². The number of aliphatic imine (C=N–C) groups is 1. The Hall–Kier alpha value is -1.16. The molecule has 5 rings (SSSR count). The molecule has 6 heteroatoms. The Labute approximate surface area is 149 Å². The molecule has 3 atom stereocenters. The molecule has 4 aliphatic carbocycles. The number of aliphatic hydroxyl groups is 2. The highest BCUT2D eigenvalue weighted by Crippen LogP contribution is 2.55. The lowest BCUT2D eigenvalue weighted by atomic mass is 9.52. The molecule has 0 aromatic rings. The van der Waals surface area contributed by atoms with Gasteiger partial charge in [-0.25, -0.2) is 0 Å². The quantitative estimate of drug-likeness (QED) is 0.406. The summed E-state index contributed by atoms with van der Waals surface area (Å²) >= 11 is 0. The molecule has 1 saturated heterocycles. The number of hydrogen-bond donors (Lipinski definition) is 3. The number of nitrogens with zero attached hydrogens (tertiary/aromatic N) is 3. The molecule has 0 aromatic heterocycles. The van der Waals surface area contributed by atoms with Crippen LogP contribution in [0, 0.1) is 29.2 Å². The Morgan fingerprint density at radius 2 is 1.88 bits per heavy atom. The summed E-state index contributed by atoms with van der Waals surface area (Å²) in [6.07, 6.45) is 8.51. The first-order chi connectivity index (χ1) is 12.0. The number of nitrogens with one attached hydrogen (secondary N) is 1. The molecule has 6 nitrogen and oxygen atoms in total. The molecule has 138 valence electrons. The van der Waals surface area contributed by atoms with Crippen LogP contribution in [0.15, 0.2) is 4.99 Å². The van der Waals surface area contributed by atoms with Gasteiger partial charge in [0.05, 0.1) is 17.7 Å². The first-order valence-corrected chi connectivity index (χ1v) is 9.85. The van der Waals surface area contributed by atoms with Crippen LogP contribution in [-0.4, -0.2) is 57.8 Å². The summed E-state index contributed by atoms with van der Waals surface area (Å²) in [5, 5.41) is 33.3. The zero-order valence-corrected chi connectivity index (χ0v) is 15.1. The average Bonchev–Trinajstić information content (AvgIpc) is 2.56. The number of piperidine rings is 1. The molecular weight excluding hydrogens is 316 g/mol. The summed E-state index contributed by atoms with van der Waals surface area (Å²) in [4.78, 5) is 6.44. The van der Waals surface area contributed by atoms with Gasteiger partial charge in [-0.3, -0.25) is 4.90 Å². The van der Waals surface area contributed by atoms with E-state index in [0.29, 0.717) is 23.8 Å². The van der Waals surface area contributed by atoms with Crippen molar-refractivity contribution in [1.82, 2.24) is 10.2 Å². The first-order valence-electron chi connectivity index (χ1n) is 9.85. The third-order valence-electron chi connectivity index (χ3n) is 7.17. The van der Waals surface area contributed by atoms with Crippen molar-refractivity contribution in [1.29, 1.82) is 5.26 Å². The SMILES string of the molecule is CC(/C(=N\C#N)NC1C2CC3CC1CC(O)(C3)C2)N1CCC(O)CC1. The molecule has 0 aromatic carbocycles. The minimum absolute atomic E-state index is 0.0624. The van der Waals surface area contributed by atoms with Gasteiger partial charge in [0.2, 0.25) is 6.19 Å². The number of likely N-dealkylation sites (tertiary alicyclic amines) is 1. The lowest BCUT2D eigenvalue weighted by Gasteiger charge is -2.58. The van der Waals surface area contributed by atoms with Gasteiger partial charge in [-0.2, -0.15) is 10.3 Å². The van der Waals surface area contributed by atoms with E-state index in [0.717, 1.165) is 51.0 Å². The number of amidine groups is 1. The lowest BCUT2D eigenvalue weighted by Crippen LogP contribution is -2.63. The van der Waals surface area contributed by atoms with E-state index in [1.807, 2.05) is 6.19 Å². The molecule has 3 N–H and O–H groups in total. The second kappa shape index (κ2) is 6.53. The molecule has 0 spiro atoms. The average molecular weight is 346 g/mol. The highest BCUT2D eigenvalue weighted by Gasteiger charge is 2.55. The predicted molar refractivity (Wildman–Crippen MR) is 94.8 cm³/mol. The molecule has 25 heavy (non-hydrogen) atoms. The predicted octanol–water partition coefficient (Wildman–Crippen LogP) is 1.24. The number of hydrogen-bond acceptors (Lipinski definition) is 5. The monoisotopic (exact) mass is 346 g/mol. The van der Waals surface area contributed by atoms with E-state index in [1.54, 1.807) is 0 Å². The van der Waals surface area contributed by atoms with Crippen LogP contribution in [0.25, 0.3) is 0 Å². The zero-order valence-electron chi connectivity index (χ0n) is 15.1. The minimum atomic E-state index is -0.435. The summed E-state index contributed by atoms with van der Waals surface area (Å²) in [7, 11) is 0. The Kier molecular flexibility index (Phi) is 4.51. The standard InChI is InChI=1S/C19H30N4O2/c1-12(23-4-2-16(24)3-5-23)18(21-11-20)22-17-14-6-13-7-15(17)10-19(25,8-13)9-14/h12-17,24-25H,2-10H2,1H3,(H,21,22). The smallest absolute Gasteiger partial charge is 0.207 e. The molecule has 5 aliphatic rings. The van der Waals surface area contributed by atoms with Crippen molar-refractivity contribution in [3.63, 3.8) is 0 Å². The molecule has 5 fully saturated rings. The van der Waals surface area contributed by atoms with Gasteiger partial charge < -0.3 is 15.5 Å². The first kappa shape index (κ1) is 17.3. The van der Waals surface area contributed by atoms with Crippen molar-refractivity contribution in [2.24, 2.45) is 22.7 Å². The third kappa shape index (κ3) is 3.30. The summed E-state index contributed by atoms with van der Waals surface area (Å²) in [5.74, 6) is 2.44. The van der Waals surface area contributed by atoms with Gasteiger partial charge in [0, 0.05) is 19.1 Å². The van der Waals surface area contributed by atoms with Crippen molar-refractivity contribution in [3.8, 4) is 6.19 Å². The van der Waals surface area contributed by atoms with Crippen molar-refractivity contribution in [2.45, 2.75) is 75.7 Å². The Bertz CT molecular complexity index is 562. The Morgan fingerprint density at radius 1 is 1.24 bits per heavy atom. The fourth-order valence-corrected chi connectivity index (χ4v) is 6.13. The van der Waals surface area contributed by atoms with Crippen LogP contribution in [0.2, 0.25) is 0 Å². The second-order valence-electron chi connectivity index (χ2n) is 8.90. The molecule has 0 amide bonds. The van der Waals surface area contributed by atoms with E-state index in [-0.39, 0.29) is 12.1 Å². The summed E-state index contributed by atoms with van der Waals surface area (Å²) < 4.78 is 0. The summed E-state index contributed by atoms with van der Waals surface area (Å²) in [5.41, 5.74) is -0.435. The maximum atomic E-state index is 10.8. The van der Waals surface area contributed by atoms with Crippen LogP contribution >= 0.6 is 0 Å². The number of nitriles is 1. The maximum absolute atomic E-state index is 10.8. The van der Waals surface area contributed by atoms with Crippen LogP contribution in [0.3, 0.4) is 0 Å². The molecule has 4 bridgehead atoms. The Balaban J connectivity index is 1.46.